The Morgan fingerprint density at radius 1 is 1.17 bits per heavy atom. The Balaban J connectivity index is 0.000000967. The fourth-order valence-electron chi connectivity index (χ4n) is 3.91. The number of carbonyl (C=O) groups excluding carboxylic acids is 1. The van der Waals surface area contributed by atoms with Gasteiger partial charge in [-0.2, -0.15) is 5.10 Å². The summed E-state index contributed by atoms with van der Waals surface area (Å²) in [7, 11) is 1.73. The van der Waals surface area contributed by atoms with Crippen LogP contribution in [0.1, 0.15) is 34.9 Å². The van der Waals surface area contributed by atoms with Crippen molar-refractivity contribution < 1.29 is 19.4 Å². The molecule has 1 amide bonds. The molecule has 4 aromatic heterocycles. The molecule has 184 valence electrons. The summed E-state index contributed by atoms with van der Waals surface area (Å²) in [5.41, 5.74) is 4.83. The topological polar surface area (TPSA) is 132 Å². The minimum Gasteiger partial charge on any atom is -0.483 e. The molecule has 0 unspecified atom stereocenters. The lowest BCUT2D eigenvalue weighted by Gasteiger charge is -2.34. The van der Waals surface area contributed by atoms with E-state index in [0.29, 0.717) is 28.5 Å². The number of hydrogen-bond donors (Lipinski definition) is 2. The van der Waals surface area contributed by atoms with Crippen molar-refractivity contribution in [3.05, 3.63) is 78.5 Å². The molecule has 2 N–H and O–H groups in total. The number of ether oxygens (including phenoxy) is 1. The average molecular weight is 487 g/mol. The third-order valence-electron chi connectivity index (χ3n) is 5.82. The second-order valence-corrected chi connectivity index (χ2v) is 8.29. The van der Waals surface area contributed by atoms with Crippen LogP contribution in [0.15, 0.2) is 67.3 Å². The van der Waals surface area contributed by atoms with Crippen molar-refractivity contribution in [2.45, 2.75) is 31.9 Å². The minimum absolute atomic E-state index is 0.235. The Morgan fingerprint density at radius 3 is 2.64 bits per heavy atom. The van der Waals surface area contributed by atoms with Crippen LogP contribution in [0.4, 0.5) is 5.69 Å². The zero-order valence-corrected chi connectivity index (χ0v) is 19.9. The molecule has 0 atom stereocenters. The van der Waals surface area contributed by atoms with Gasteiger partial charge < -0.3 is 15.2 Å². The first kappa shape index (κ1) is 24.7. The zero-order chi connectivity index (χ0) is 25.5. The van der Waals surface area contributed by atoms with Crippen molar-refractivity contribution >= 4 is 18.1 Å². The summed E-state index contributed by atoms with van der Waals surface area (Å²) in [6.45, 7) is 1.72. The number of aromatic nitrogens is 5. The van der Waals surface area contributed by atoms with Gasteiger partial charge in [-0.1, -0.05) is 12.1 Å². The number of rotatable bonds is 6. The van der Waals surface area contributed by atoms with E-state index in [4.69, 9.17) is 19.7 Å². The molecule has 5 rings (SSSR count). The Morgan fingerprint density at radius 2 is 1.94 bits per heavy atom. The molecular weight excluding hydrogens is 460 g/mol. The maximum absolute atomic E-state index is 13.1. The van der Waals surface area contributed by atoms with Crippen LogP contribution >= 0.6 is 0 Å². The number of carboxylic acid groups (broad SMARTS) is 1. The van der Waals surface area contributed by atoms with E-state index in [0.717, 1.165) is 24.0 Å². The SMILES string of the molecule is COC1CC(n2cc(NC(=O)c3cccc(-c4cncc(C)c4)n3)c(-c3ccccn3)n2)C1.O=CO. The standard InChI is InChI=1S/C25H24N6O2.CH2O2/c1-16-10-17(14-26-13-16)20-7-5-8-22(28-20)25(32)29-23-15-31(18-11-19(12-18)33-2)30-24(23)21-6-3-4-9-27-21;2-1-3/h3-10,13-15,18-19H,11-12H2,1-2H3,(H,29,32);1H,(H,2,3). The highest BCUT2D eigenvalue weighted by Crippen LogP contribution is 2.36. The Hall–Kier alpha value is -4.44. The normalized spacial score (nSPS) is 16.3. The number of hydrogen-bond acceptors (Lipinski definition) is 7. The summed E-state index contributed by atoms with van der Waals surface area (Å²) >= 11 is 0. The third kappa shape index (κ3) is 5.61. The second kappa shape index (κ2) is 11.3. The molecule has 1 fully saturated rings. The number of anilines is 1. The van der Waals surface area contributed by atoms with E-state index in [1.54, 1.807) is 31.8 Å². The predicted octanol–water partition coefficient (Wildman–Crippen LogP) is 4.01. The summed E-state index contributed by atoms with van der Waals surface area (Å²) in [6, 6.07) is 13.2. The first-order valence-electron chi connectivity index (χ1n) is 11.3. The molecule has 10 heteroatoms. The molecule has 10 nitrogen and oxygen atoms in total. The quantitative estimate of drug-likeness (QED) is 0.391. The van der Waals surface area contributed by atoms with Crippen LogP contribution in [0.5, 0.6) is 0 Å². The van der Waals surface area contributed by atoms with Crippen molar-refractivity contribution in [3.63, 3.8) is 0 Å². The fourth-order valence-corrected chi connectivity index (χ4v) is 3.91. The Labute approximate surface area is 208 Å². The van der Waals surface area contributed by atoms with Gasteiger partial charge in [0.25, 0.3) is 12.4 Å². The average Bonchev–Trinajstić information content (AvgIpc) is 3.27. The van der Waals surface area contributed by atoms with Crippen LogP contribution in [0.2, 0.25) is 0 Å². The fraction of sp³-hybridized carbons (Fsp3) is 0.231. The largest absolute Gasteiger partial charge is 0.483 e. The summed E-state index contributed by atoms with van der Waals surface area (Å²) in [5.74, 6) is -0.308. The van der Waals surface area contributed by atoms with E-state index in [-0.39, 0.29) is 24.5 Å². The number of aryl methyl sites for hydroxylation is 1. The van der Waals surface area contributed by atoms with Gasteiger partial charge in [-0.15, -0.1) is 0 Å². The highest BCUT2D eigenvalue weighted by Gasteiger charge is 2.32. The van der Waals surface area contributed by atoms with E-state index in [9.17, 15) is 4.79 Å². The number of nitrogens with zero attached hydrogens (tertiary/aromatic N) is 5. The van der Waals surface area contributed by atoms with E-state index < -0.39 is 0 Å². The summed E-state index contributed by atoms with van der Waals surface area (Å²) in [4.78, 5) is 34.7. The molecule has 4 heterocycles. The Kier molecular flexibility index (Phi) is 7.76. The van der Waals surface area contributed by atoms with Crippen LogP contribution in [0.3, 0.4) is 0 Å². The van der Waals surface area contributed by atoms with Crippen molar-refractivity contribution in [2.75, 3.05) is 12.4 Å². The molecule has 1 aliphatic carbocycles. The minimum atomic E-state index is -0.308. The maximum Gasteiger partial charge on any atom is 0.290 e. The maximum atomic E-state index is 13.1. The van der Waals surface area contributed by atoms with Gasteiger partial charge in [0.2, 0.25) is 0 Å². The summed E-state index contributed by atoms with van der Waals surface area (Å²) in [6.07, 6.45) is 9.14. The Bertz CT molecular complexity index is 1340. The van der Waals surface area contributed by atoms with Crippen molar-refractivity contribution in [1.29, 1.82) is 0 Å². The lowest BCUT2D eigenvalue weighted by Crippen LogP contribution is -2.32. The van der Waals surface area contributed by atoms with Crippen molar-refractivity contribution in [2.24, 2.45) is 0 Å². The predicted molar refractivity (Wildman–Crippen MR) is 133 cm³/mol. The monoisotopic (exact) mass is 486 g/mol. The molecule has 0 bridgehead atoms. The first-order valence-corrected chi connectivity index (χ1v) is 11.3. The molecule has 0 spiro atoms. The lowest BCUT2D eigenvalue weighted by molar-refractivity contribution is -0.122. The van der Waals surface area contributed by atoms with E-state index in [1.807, 2.05) is 54.2 Å². The van der Waals surface area contributed by atoms with Crippen LogP contribution in [-0.2, 0) is 9.53 Å². The number of carbonyl (C=O) groups is 2. The number of pyridine rings is 3. The van der Waals surface area contributed by atoms with Gasteiger partial charge >= 0.3 is 0 Å². The van der Waals surface area contributed by atoms with Crippen LogP contribution < -0.4 is 5.32 Å². The molecule has 0 radical (unpaired) electrons. The van der Waals surface area contributed by atoms with Crippen LogP contribution in [0, 0.1) is 6.92 Å². The van der Waals surface area contributed by atoms with Crippen LogP contribution in [0.25, 0.3) is 22.6 Å². The van der Waals surface area contributed by atoms with Crippen molar-refractivity contribution in [3.8, 4) is 22.6 Å². The van der Waals surface area contributed by atoms with Gasteiger partial charge in [0.1, 0.15) is 11.4 Å². The molecule has 36 heavy (non-hydrogen) atoms. The third-order valence-corrected chi connectivity index (χ3v) is 5.82. The molecule has 0 aliphatic heterocycles. The molecule has 4 aromatic rings. The van der Waals surface area contributed by atoms with E-state index in [1.165, 1.54) is 0 Å². The van der Waals surface area contributed by atoms with Gasteiger partial charge in [-0.05, 0) is 55.7 Å². The summed E-state index contributed by atoms with van der Waals surface area (Å²) < 4.78 is 7.30. The second-order valence-electron chi connectivity index (χ2n) is 8.29. The van der Waals surface area contributed by atoms with Gasteiger partial charge in [0.15, 0.2) is 0 Å². The van der Waals surface area contributed by atoms with Gasteiger partial charge in [0, 0.05) is 37.5 Å². The van der Waals surface area contributed by atoms with Gasteiger partial charge in [-0.3, -0.25) is 24.2 Å². The highest BCUT2D eigenvalue weighted by molar-refractivity contribution is 6.04. The molecule has 1 saturated carbocycles. The highest BCUT2D eigenvalue weighted by atomic mass is 16.5. The van der Waals surface area contributed by atoms with Crippen LogP contribution in [-0.4, -0.2) is 55.4 Å². The molecule has 0 saturated heterocycles. The number of amides is 1. The van der Waals surface area contributed by atoms with Gasteiger partial charge in [-0.25, -0.2) is 4.98 Å². The molecule has 0 aromatic carbocycles. The van der Waals surface area contributed by atoms with E-state index >= 15 is 0 Å². The molecule has 1 aliphatic rings. The van der Waals surface area contributed by atoms with E-state index in [2.05, 4.69) is 20.3 Å². The first-order chi connectivity index (χ1) is 17.5. The number of methoxy groups -OCH3 is 1. The smallest absolute Gasteiger partial charge is 0.290 e. The summed E-state index contributed by atoms with van der Waals surface area (Å²) in [5, 5.41) is 14.6. The number of nitrogens with one attached hydrogen (secondary N) is 1. The lowest BCUT2D eigenvalue weighted by atomic mass is 9.89. The van der Waals surface area contributed by atoms with Crippen molar-refractivity contribution in [1.82, 2.24) is 24.7 Å². The van der Waals surface area contributed by atoms with Gasteiger partial charge in [0.05, 0.1) is 29.2 Å². The zero-order valence-electron chi connectivity index (χ0n) is 19.9. The molecular formula is C26H26N6O4.